The zero-order valence-corrected chi connectivity index (χ0v) is 15.3. The van der Waals surface area contributed by atoms with E-state index in [0.29, 0.717) is 0 Å². The lowest BCUT2D eigenvalue weighted by molar-refractivity contribution is -0.185. The zero-order valence-electron chi connectivity index (χ0n) is 15.3. The molecule has 0 spiro atoms. The number of hydrogen-bond donors (Lipinski definition) is 2. The molecule has 0 fully saturated rings. The maximum Gasteiger partial charge on any atom is 0.422 e. The lowest BCUT2D eigenvalue weighted by Crippen LogP contribution is -2.29. The molecule has 8 nitrogen and oxygen atoms in total. The van der Waals surface area contributed by atoms with Crippen molar-refractivity contribution < 1.29 is 60.0 Å². The van der Waals surface area contributed by atoms with Crippen LogP contribution in [-0.2, 0) is 19.1 Å². The van der Waals surface area contributed by atoms with Crippen LogP contribution in [0.25, 0.3) is 0 Å². The Balaban J connectivity index is 3.20. The van der Waals surface area contributed by atoms with E-state index in [1.54, 1.807) is 0 Å². The number of anilines is 1. The Kier molecular flexibility index (Phi) is 8.19. The number of methoxy groups -OCH3 is 2. The van der Waals surface area contributed by atoms with E-state index in [4.69, 9.17) is 9.47 Å². The van der Waals surface area contributed by atoms with Crippen molar-refractivity contribution in [2.75, 3.05) is 32.8 Å². The van der Waals surface area contributed by atoms with E-state index in [0.717, 1.165) is 0 Å². The first-order valence-electron chi connectivity index (χ1n) is 7.67. The molecule has 0 saturated heterocycles. The fourth-order valence-corrected chi connectivity index (χ4v) is 1.81. The van der Waals surface area contributed by atoms with E-state index in [1.807, 2.05) is 5.32 Å². The maximum absolute atomic E-state index is 12.3. The molecule has 0 aliphatic rings. The molecule has 0 saturated carbocycles. The van der Waals surface area contributed by atoms with Crippen LogP contribution in [0.1, 0.15) is 0 Å². The number of amides is 1. The van der Waals surface area contributed by atoms with Gasteiger partial charge in [0.25, 0.3) is 11.9 Å². The molecular weight excluding hydrogens is 432 g/mol. The van der Waals surface area contributed by atoms with E-state index < -0.39 is 49.0 Å². The molecule has 1 aromatic carbocycles. The molecule has 0 aliphatic heterocycles. The predicted octanol–water partition coefficient (Wildman–Crippen LogP) is 3.10. The van der Waals surface area contributed by atoms with Gasteiger partial charge >= 0.3 is 18.3 Å². The third-order valence-electron chi connectivity index (χ3n) is 3.04. The fraction of sp³-hybridized carbons (Fsp3) is 0.375. The number of halogens is 6. The van der Waals surface area contributed by atoms with Crippen molar-refractivity contribution in [2.24, 2.45) is 0 Å². The predicted molar refractivity (Wildman–Crippen MR) is 86.9 cm³/mol. The Labute approximate surface area is 165 Å². The van der Waals surface area contributed by atoms with E-state index >= 15 is 0 Å². The summed E-state index contributed by atoms with van der Waals surface area (Å²) in [4.78, 5) is 24.1. The summed E-state index contributed by atoms with van der Waals surface area (Å²) >= 11 is 0. The van der Waals surface area contributed by atoms with Gasteiger partial charge in [-0.3, -0.25) is 4.79 Å². The highest BCUT2D eigenvalue weighted by molar-refractivity contribution is 6.21. The SMILES string of the molecule is COc1ccc(NC(=O)C(C(=O)OCC(F)(F)F)=C(O)OCC(F)(F)F)c(OC)c1. The van der Waals surface area contributed by atoms with Crippen molar-refractivity contribution in [1.82, 2.24) is 0 Å². The minimum Gasteiger partial charge on any atom is -0.497 e. The Hall–Kier alpha value is -3.32. The van der Waals surface area contributed by atoms with Crippen molar-refractivity contribution in [3.63, 3.8) is 0 Å². The Morgan fingerprint density at radius 2 is 1.53 bits per heavy atom. The number of nitrogens with one attached hydrogen (secondary N) is 1. The molecule has 0 atom stereocenters. The fourth-order valence-electron chi connectivity index (χ4n) is 1.81. The average molecular weight is 447 g/mol. The first-order valence-corrected chi connectivity index (χ1v) is 7.67. The van der Waals surface area contributed by atoms with Gasteiger partial charge in [-0.15, -0.1) is 0 Å². The van der Waals surface area contributed by atoms with Crippen molar-refractivity contribution in [1.29, 1.82) is 0 Å². The summed E-state index contributed by atoms with van der Waals surface area (Å²) in [5, 5.41) is 11.6. The Morgan fingerprint density at radius 3 is 2.03 bits per heavy atom. The monoisotopic (exact) mass is 447 g/mol. The maximum atomic E-state index is 12.3. The molecule has 0 heterocycles. The summed E-state index contributed by atoms with van der Waals surface area (Å²) in [7, 11) is 2.50. The largest absolute Gasteiger partial charge is 0.497 e. The highest BCUT2D eigenvalue weighted by atomic mass is 19.4. The molecule has 0 aliphatic carbocycles. The molecule has 0 radical (unpaired) electrons. The van der Waals surface area contributed by atoms with E-state index in [1.165, 1.54) is 32.4 Å². The third kappa shape index (κ3) is 7.97. The van der Waals surface area contributed by atoms with Gasteiger partial charge in [-0.1, -0.05) is 0 Å². The molecule has 1 rings (SSSR count). The third-order valence-corrected chi connectivity index (χ3v) is 3.04. The molecule has 0 aromatic heterocycles. The molecule has 1 amide bonds. The normalized spacial score (nSPS) is 12.5. The summed E-state index contributed by atoms with van der Waals surface area (Å²) < 4.78 is 91.0. The van der Waals surface area contributed by atoms with Gasteiger partial charge in [0.15, 0.2) is 13.2 Å². The summed E-state index contributed by atoms with van der Waals surface area (Å²) in [6.45, 7) is -4.30. The Morgan fingerprint density at radius 1 is 0.967 bits per heavy atom. The lowest BCUT2D eigenvalue weighted by atomic mass is 10.2. The number of benzene rings is 1. The molecule has 2 N–H and O–H groups in total. The summed E-state index contributed by atoms with van der Waals surface area (Å²) in [5.74, 6) is -5.34. The molecular formula is C16H15F6NO7. The number of carbonyl (C=O) groups is 2. The number of esters is 1. The minimum absolute atomic E-state index is 0.0404. The second-order valence-electron chi connectivity index (χ2n) is 5.30. The number of aliphatic hydroxyl groups is 1. The van der Waals surface area contributed by atoms with Gasteiger partial charge in [0.1, 0.15) is 11.5 Å². The number of aliphatic hydroxyl groups excluding tert-OH is 1. The highest BCUT2D eigenvalue weighted by Gasteiger charge is 2.35. The highest BCUT2D eigenvalue weighted by Crippen LogP contribution is 2.30. The van der Waals surface area contributed by atoms with Gasteiger partial charge in [-0.25, -0.2) is 4.79 Å². The summed E-state index contributed by atoms with van der Waals surface area (Å²) in [6.07, 6.45) is -9.98. The van der Waals surface area contributed by atoms with Crippen molar-refractivity contribution in [3.8, 4) is 11.5 Å². The first-order chi connectivity index (χ1) is 13.8. The van der Waals surface area contributed by atoms with Crippen molar-refractivity contribution in [2.45, 2.75) is 12.4 Å². The van der Waals surface area contributed by atoms with Gasteiger partial charge in [0, 0.05) is 6.07 Å². The molecule has 0 unspecified atom stereocenters. The standard InChI is InChI=1S/C16H15F6NO7/c1-27-8-3-4-9(10(5-8)28-2)23-12(24)11(13(25)29-6-15(17,18)19)14(26)30-7-16(20,21)22/h3-5,25H,6-7H2,1-2H3,(H,23,24). The van der Waals surface area contributed by atoms with Crippen molar-refractivity contribution >= 4 is 17.6 Å². The molecule has 1 aromatic rings. The molecule has 0 bridgehead atoms. The van der Waals surface area contributed by atoms with Crippen LogP contribution in [0.15, 0.2) is 29.7 Å². The molecule has 14 heteroatoms. The van der Waals surface area contributed by atoms with Crippen LogP contribution in [0.2, 0.25) is 0 Å². The number of carbonyl (C=O) groups excluding carboxylic acids is 2. The van der Waals surface area contributed by atoms with Crippen LogP contribution >= 0.6 is 0 Å². The number of rotatable bonds is 8. The second-order valence-corrected chi connectivity index (χ2v) is 5.30. The molecule has 30 heavy (non-hydrogen) atoms. The quantitative estimate of drug-likeness (QED) is 0.158. The first kappa shape index (κ1) is 24.7. The lowest BCUT2D eigenvalue weighted by Gasteiger charge is -2.15. The van der Waals surface area contributed by atoms with Crippen LogP contribution in [0.5, 0.6) is 11.5 Å². The van der Waals surface area contributed by atoms with Gasteiger partial charge in [-0.05, 0) is 12.1 Å². The van der Waals surface area contributed by atoms with Crippen LogP contribution < -0.4 is 14.8 Å². The van der Waals surface area contributed by atoms with E-state index in [2.05, 4.69) is 9.47 Å². The number of ether oxygens (including phenoxy) is 4. The topological polar surface area (TPSA) is 103 Å². The molecule has 168 valence electrons. The minimum atomic E-state index is -5.00. The van der Waals surface area contributed by atoms with Gasteiger partial charge in [0.05, 0.1) is 19.9 Å². The van der Waals surface area contributed by atoms with Crippen LogP contribution in [0.4, 0.5) is 32.0 Å². The van der Waals surface area contributed by atoms with E-state index in [-0.39, 0.29) is 17.2 Å². The zero-order chi connectivity index (χ0) is 23.1. The average Bonchev–Trinajstić information content (AvgIpc) is 2.64. The van der Waals surface area contributed by atoms with Gasteiger partial charge < -0.3 is 29.4 Å². The smallest absolute Gasteiger partial charge is 0.422 e. The second kappa shape index (κ2) is 9.93. The van der Waals surface area contributed by atoms with Crippen LogP contribution in [-0.4, -0.2) is 56.8 Å². The van der Waals surface area contributed by atoms with Crippen LogP contribution in [0.3, 0.4) is 0 Å². The van der Waals surface area contributed by atoms with Gasteiger partial charge in [0.2, 0.25) is 5.57 Å². The van der Waals surface area contributed by atoms with E-state index in [9.17, 15) is 41.0 Å². The van der Waals surface area contributed by atoms with Gasteiger partial charge in [-0.2, -0.15) is 26.3 Å². The van der Waals surface area contributed by atoms with Crippen LogP contribution in [0, 0.1) is 0 Å². The Bertz CT molecular complexity index is 804. The number of alkyl halides is 6. The van der Waals surface area contributed by atoms with Crippen molar-refractivity contribution in [3.05, 3.63) is 29.7 Å². The summed E-state index contributed by atoms with van der Waals surface area (Å²) in [6, 6.07) is 3.80. The number of hydrogen-bond acceptors (Lipinski definition) is 7. The summed E-state index contributed by atoms with van der Waals surface area (Å²) in [5.41, 5.74) is -1.78.